The summed E-state index contributed by atoms with van der Waals surface area (Å²) >= 11 is 1.90. The Kier molecular flexibility index (Phi) is 5.33. The van der Waals surface area contributed by atoms with E-state index in [1.54, 1.807) is 0 Å². The predicted octanol–water partition coefficient (Wildman–Crippen LogP) is 1.85. The van der Waals surface area contributed by atoms with Gasteiger partial charge in [-0.15, -0.1) is 0 Å². The molecule has 3 nitrogen and oxygen atoms in total. The van der Waals surface area contributed by atoms with E-state index in [-0.39, 0.29) is 0 Å². The maximum atomic E-state index is 10.4. The molecule has 0 heterocycles. The van der Waals surface area contributed by atoms with Crippen LogP contribution < -0.4 is 5.73 Å². The van der Waals surface area contributed by atoms with Gasteiger partial charge in [-0.3, -0.25) is 4.79 Å². The molecule has 0 aromatic carbocycles. The van der Waals surface area contributed by atoms with Gasteiger partial charge in [-0.1, -0.05) is 19.3 Å². The van der Waals surface area contributed by atoms with E-state index < -0.39 is 12.0 Å². The molecule has 0 amide bonds. The van der Waals surface area contributed by atoms with Crippen LogP contribution in [0.3, 0.4) is 0 Å². The van der Waals surface area contributed by atoms with Crippen molar-refractivity contribution < 1.29 is 9.90 Å². The van der Waals surface area contributed by atoms with E-state index in [9.17, 15) is 4.79 Å². The van der Waals surface area contributed by atoms with Crippen LogP contribution in [-0.4, -0.2) is 28.1 Å². The van der Waals surface area contributed by atoms with E-state index in [1.165, 1.54) is 32.1 Å². The Labute approximate surface area is 89.4 Å². The monoisotopic (exact) mass is 217 g/mol. The molecular weight excluding hydrogens is 198 g/mol. The van der Waals surface area contributed by atoms with Crippen LogP contribution in [0.2, 0.25) is 0 Å². The Morgan fingerprint density at radius 2 is 2.07 bits per heavy atom. The van der Waals surface area contributed by atoms with Crippen molar-refractivity contribution in [3.63, 3.8) is 0 Å². The fraction of sp³-hybridized carbons (Fsp3) is 0.900. The topological polar surface area (TPSA) is 63.3 Å². The van der Waals surface area contributed by atoms with Gasteiger partial charge in [0.15, 0.2) is 0 Å². The first-order valence-corrected chi connectivity index (χ1v) is 6.35. The summed E-state index contributed by atoms with van der Waals surface area (Å²) in [6.45, 7) is 0. The molecule has 0 aliphatic heterocycles. The number of hydrogen-bond donors (Lipinski definition) is 2. The van der Waals surface area contributed by atoms with Gasteiger partial charge in [0.25, 0.3) is 0 Å². The molecule has 0 aromatic rings. The average Bonchev–Trinajstić information content (AvgIpc) is 2.19. The zero-order valence-corrected chi connectivity index (χ0v) is 9.26. The summed E-state index contributed by atoms with van der Waals surface area (Å²) in [6, 6.07) is -0.675. The summed E-state index contributed by atoms with van der Waals surface area (Å²) in [5.74, 6) is 0.00671. The van der Waals surface area contributed by atoms with Crippen LogP contribution in [0.15, 0.2) is 0 Å². The molecule has 3 N–H and O–H groups in total. The molecule has 1 fully saturated rings. The third-order valence-electron chi connectivity index (χ3n) is 2.65. The van der Waals surface area contributed by atoms with E-state index >= 15 is 0 Å². The molecule has 0 saturated heterocycles. The minimum atomic E-state index is -0.880. The highest BCUT2D eigenvalue weighted by Crippen LogP contribution is 2.28. The molecule has 1 rings (SSSR count). The van der Waals surface area contributed by atoms with E-state index in [2.05, 4.69) is 0 Å². The first-order chi connectivity index (χ1) is 6.70. The normalized spacial score (nSPS) is 20.6. The summed E-state index contributed by atoms with van der Waals surface area (Å²) in [4.78, 5) is 10.4. The summed E-state index contributed by atoms with van der Waals surface area (Å²) < 4.78 is 0. The number of rotatable bonds is 5. The maximum absolute atomic E-state index is 10.4. The van der Waals surface area contributed by atoms with Crippen molar-refractivity contribution in [3.05, 3.63) is 0 Å². The highest BCUT2D eigenvalue weighted by Gasteiger charge is 2.15. The molecule has 1 saturated carbocycles. The van der Waals surface area contributed by atoms with Crippen molar-refractivity contribution in [2.45, 2.75) is 49.8 Å². The smallest absolute Gasteiger partial charge is 0.320 e. The van der Waals surface area contributed by atoms with Crippen molar-refractivity contribution in [1.29, 1.82) is 0 Å². The molecule has 1 unspecified atom stereocenters. The third kappa shape index (κ3) is 4.33. The number of carbonyl (C=O) groups is 1. The minimum absolute atomic E-state index is 0.594. The average molecular weight is 217 g/mol. The largest absolute Gasteiger partial charge is 0.480 e. The lowest BCUT2D eigenvalue weighted by Crippen LogP contribution is -2.30. The van der Waals surface area contributed by atoms with Crippen molar-refractivity contribution >= 4 is 17.7 Å². The van der Waals surface area contributed by atoms with Gasteiger partial charge >= 0.3 is 5.97 Å². The molecule has 14 heavy (non-hydrogen) atoms. The maximum Gasteiger partial charge on any atom is 0.320 e. The van der Waals surface area contributed by atoms with Crippen LogP contribution >= 0.6 is 11.8 Å². The molecule has 0 spiro atoms. The van der Waals surface area contributed by atoms with E-state index in [1.807, 2.05) is 11.8 Å². The molecule has 0 bridgehead atoms. The zero-order chi connectivity index (χ0) is 10.4. The number of aliphatic carboxylic acids is 1. The lowest BCUT2D eigenvalue weighted by molar-refractivity contribution is -0.138. The standard InChI is InChI=1S/C10H19NO2S/c11-9(10(12)13)6-7-14-8-4-2-1-3-5-8/h8-9H,1-7,11H2,(H,12,13). The first kappa shape index (κ1) is 11.9. The van der Waals surface area contributed by atoms with Gasteiger partial charge in [-0.2, -0.15) is 11.8 Å². The van der Waals surface area contributed by atoms with Crippen LogP contribution in [-0.2, 0) is 4.79 Å². The molecule has 0 radical (unpaired) electrons. The van der Waals surface area contributed by atoms with Crippen molar-refractivity contribution in [1.82, 2.24) is 0 Å². The molecule has 0 aromatic heterocycles. The third-order valence-corrected chi connectivity index (χ3v) is 4.07. The van der Waals surface area contributed by atoms with Gasteiger partial charge in [-0.25, -0.2) is 0 Å². The van der Waals surface area contributed by atoms with Crippen LogP contribution in [0.4, 0.5) is 0 Å². The van der Waals surface area contributed by atoms with Crippen LogP contribution in [0.25, 0.3) is 0 Å². The quantitative estimate of drug-likeness (QED) is 0.737. The lowest BCUT2D eigenvalue weighted by atomic mass is 10.0. The first-order valence-electron chi connectivity index (χ1n) is 5.30. The van der Waals surface area contributed by atoms with Gasteiger partial charge in [-0.05, 0) is 25.0 Å². The number of carboxylic acid groups (broad SMARTS) is 1. The fourth-order valence-electron chi connectivity index (χ4n) is 1.72. The highest BCUT2D eigenvalue weighted by molar-refractivity contribution is 7.99. The van der Waals surface area contributed by atoms with Crippen LogP contribution in [0.1, 0.15) is 38.5 Å². The summed E-state index contributed by atoms with van der Waals surface area (Å²) in [5, 5.41) is 9.34. The summed E-state index contributed by atoms with van der Waals surface area (Å²) in [5.41, 5.74) is 5.42. The van der Waals surface area contributed by atoms with Crippen molar-refractivity contribution in [2.24, 2.45) is 5.73 Å². The van der Waals surface area contributed by atoms with E-state index in [0.717, 1.165) is 11.0 Å². The Morgan fingerprint density at radius 3 is 2.64 bits per heavy atom. The molecule has 1 aliphatic rings. The second kappa shape index (κ2) is 6.30. The highest BCUT2D eigenvalue weighted by atomic mass is 32.2. The van der Waals surface area contributed by atoms with Gasteiger partial charge < -0.3 is 10.8 Å². The molecule has 1 atom stereocenters. The van der Waals surface area contributed by atoms with Gasteiger partial charge in [0, 0.05) is 5.25 Å². The van der Waals surface area contributed by atoms with Gasteiger partial charge in [0.05, 0.1) is 0 Å². The van der Waals surface area contributed by atoms with E-state index in [0.29, 0.717) is 6.42 Å². The van der Waals surface area contributed by atoms with Crippen molar-refractivity contribution in [2.75, 3.05) is 5.75 Å². The number of nitrogens with two attached hydrogens (primary N) is 1. The van der Waals surface area contributed by atoms with Gasteiger partial charge in [0.1, 0.15) is 6.04 Å². The van der Waals surface area contributed by atoms with Gasteiger partial charge in [0.2, 0.25) is 0 Å². The Hall–Kier alpha value is -0.220. The van der Waals surface area contributed by atoms with Crippen LogP contribution in [0.5, 0.6) is 0 Å². The molecule has 4 heteroatoms. The number of carboxylic acids is 1. The second-order valence-corrected chi connectivity index (χ2v) is 5.27. The number of thioether (sulfide) groups is 1. The second-order valence-electron chi connectivity index (χ2n) is 3.86. The summed E-state index contributed by atoms with van der Waals surface area (Å²) in [6.07, 6.45) is 7.23. The predicted molar refractivity (Wildman–Crippen MR) is 59.6 cm³/mol. The number of hydrogen-bond acceptors (Lipinski definition) is 3. The lowest BCUT2D eigenvalue weighted by Gasteiger charge is -2.21. The SMILES string of the molecule is NC(CCSC1CCCCC1)C(=O)O. The summed E-state index contributed by atoms with van der Waals surface area (Å²) in [7, 11) is 0. The molecule has 1 aliphatic carbocycles. The van der Waals surface area contributed by atoms with E-state index in [4.69, 9.17) is 10.8 Å². The Bertz CT molecular complexity index is 181. The minimum Gasteiger partial charge on any atom is -0.480 e. The Balaban J connectivity index is 2.05. The zero-order valence-electron chi connectivity index (χ0n) is 8.45. The molecule has 82 valence electrons. The Morgan fingerprint density at radius 1 is 1.43 bits per heavy atom. The van der Waals surface area contributed by atoms with Crippen LogP contribution in [0, 0.1) is 0 Å². The van der Waals surface area contributed by atoms with Crippen molar-refractivity contribution in [3.8, 4) is 0 Å². The fourth-order valence-corrected chi connectivity index (χ4v) is 3.11. The molecular formula is C10H19NO2S.